The summed E-state index contributed by atoms with van der Waals surface area (Å²) >= 11 is 0. The minimum atomic E-state index is -0.438. The van der Waals surface area contributed by atoms with Crippen molar-refractivity contribution in [3.8, 4) is 0 Å². The normalized spacial score (nSPS) is 12.4. The zero-order valence-electron chi connectivity index (χ0n) is 11.7. The first-order chi connectivity index (χ1) is 9.43. The fraction of sp³-hybridized carbons (Fsp3) is 0.333. The average Bonchev–Trinajstić information content (AvgIpc) is 2.77. The van der Waals surface area contributed by atoms with Gasteiger partial charge in [-0.25, -0.2) is 4.39 Å². The Bertz CT molecular complexity index is 676. The number of hydrogen-bond acceptors (Lipinski definition) is 2. The van der Waals surface area contributed by atoms with E-state index in [0.717, 1.165) is 6.42 Å². The monoisotopic (exact) mass is 276 g/mol. The van der Waals surface area contributed by atoms with Crippen LogP contribution in [0, 0.1) is 5.82 Å². The van der Waals surface area contributed by atoms with Crippen LogP contribution in [0.5, 0.6) is 0 Å². The van der Waals surface area contributed by atoms with E-state index in [9.17, 15) is 14.0 Å². The van der Waals surface area contributed by atoms with Crippen LogP contribution in [0.15, 0.2) is 24.4 Å². The molecule has 1 N–H and O–H groups in total. The van der Waals surface area contributed by atoms with Crippen LogP contribution in [0.3, 0.4) is 0 Å². The third-order valence-corrected chi connectivity index (χ3v) is 3.34. The third-order valence-electron chi connectivity index (χ3n) is 3.34. The Hall–Kier alpha value is -2.17. The molecule has 106 valence electrons. The van der Waals surface area contributed by atoms with Gasteiger partial charge >= 0.3 is 0 Å². The van der Waals surface area contributed by atoms with Gasteiger partial charge in [0.1, 0.15) is 5.82 Å². The molecule has 0 radical (unpaired) electrons. The predicted molar refractivity (Wildman–Crippen MR) is 75.4 cm³/mol. The molecule has 1 aromatic heterocycles. The number of hydrogen-bond donors (Lipinski definition) is 1. The van der Waals surface area contributed by atoms with Crippen LogP contribution in [-0.2, 0) is 0 Å². The van der Waals surface area contributed by atoms with Crippen molar-refractivity contribution in [2.45, 2.75) is 33.2 Å². The number of carbonyl (C=O) groups is 2. The molecule has 1 aromatic carbocycles. The summed E-state index contributed by atoms with van der Waals surface area (Å²) in [6.07, 6.45) is 2.27. The second-order valence-electron chi connectivity index (χ2n) is 4.88. The summed E-state index contributed by atoms with van der Waals surface area (Å²) in [5.74, 6) is -0.953. The van der Waals surface area contributed by atoms with Crippen molar-refractivity contribution in [2.24, 2.45) is 0 Å². The zero-order valence-corrected chi connectivity index (χ0v) is 11.7. The lowest BCUT2D eigenvalue weighted by Crippen LogP contribution is -2.31. The zero-order chi connectivity index (χ0) is 14.9. The number of carbonyl (C=O) groups excluding carboxylic acids is 2. The van der Waals surface area contributed by atoms with E-state index >= 15 is 0 Å². The molecule has 0 saturated heterocycles. The highest BCUT2D eigenvalue weighted by Crippen LogP contribution is 2.22. The Morgan fingerprint density at radius 2 is 2.10 bits per heavy atom. The Morgan fingerprint density at radius 3 is 2.70 bits per heavy atom. The number of amides is 1. The second-order valence-corrected chi connectivity index (χ2v) is 4.88. The number of rotatable bonds is 3. The molecule has 0 spiro atoms. The van der Waals surface area contributed by atoms with Crippen LogP contribution in [-0.4, -0.2) is 22.4 Å². The van der Waals surface area contributed by atoms with E-state index in [4.69, 9.17) is 0 Å². The second kappa shape index (κ2) is 5.45. The lowest BCUT2D eigenvalue weighted by molar-refractivity contribution is 0.0940. The summed E-state index contributed by atoms with van der Waals surface area (Å²) < 4.78 is 14.6. The molecule has 1 heterocycles. The Kier molecular flexibility index (Phi) is 3.88. The first kappa shape index (κ1) is 14.2. The standard InChI is InChI=1S/C15H17FN2O2/c1-4-9(2)17-15(20)13-8-18(10(3)19)14-7-11(16)5-6-12(13)14/h5-9H,4H2,1-3H3,(H,17,20). The molecule has 4 nitrogen and oxygen atoms in total. The first-order valence-electron chi connectivity index (χ1n) is 6.56. The van der Waals surface area contributed by atoms with E-state index in [2.05, 4.69) is 5.32 Å². The van der Waals surface area contributed by atoms with Crippen LogP contribution in [0.25, 0.3) is 10.9 Å². The van der Waals surface area contributed by atoms with Gasteiger partial charge < -0.3 is 5.32 Å². The maximum atomic E-state index is 13.3. The van der Waals surface area contributed by atoms with Gasteiger partial charge in [0.15, 0.2) is 0 Å². The van der Waals surface area contributed by atoms with Crippen molar-refractivity contribution in [1.29, 1.82) is 0 Å². The lowest BCUT2D eigenvalue weighted by atomic mass is 10.1. The Morgan fingerprint density at radius 1 is 1.40 bits per heavy atom. The van der Waals surface area contributed by atoms with Crippen LogP contribution < -0.4 is 5.32 Å². The highest BCUT2D eigenvalue weighted by molar-refractivity contribution is 6.09. The van der Waals surface area contributed by atoms with Crippen LogP contribution >= 0.6 is 0 Å². The fourth-order valence-electron chi connectivity index (χ4n) is 2.05. The van der Waals surface area contributed by atoms with Gasteiger partial charge in [0, 0.05) is 24.5 Å². The van der Waals surface area contributed by atoms with Crippen LogP contribution in [0.2, 0.25) is 0 Å². The van der Waals surface area contributed by atoms with Crippen molar-refractivity contribution < 1.29 is 14.0 Å². The largest absolute Gasteiger partial charge is 0.350 e. The highest BCUT2D eigenvalue weighted by atomic mass is 19.1. The summed E-state index contributed by atoms with van der Waals surface area (Å²) in [5, 5.41) is 3.42. The van der Waals surface area contributed by atoms with Crippen molar-refractivity contribution in [2.75, 3.05) is 0 Å². The Balaban J connectivity index is 2.54. The number of benzene rings is 1. The van der Waals surface area contributed by atoms with Gasteiger partial charge in [-0.15, -0.1) is 0 Å². The molecule has 0 aliphatic carbocycles. The molecule has 1 unspecified atom stereocenters. The van der Waals surface area contributed by atoms with Crippen molar-refractivity contribution in [3.63, 3.8) is 0 Å². The van der Waals surface area contributed by atoms with E-state index in [-0.39, 0.29) is 17.9 Å². The highest BCUT2D eigenvalue weighted by Gasteiger charge is 2.18. The number of halogens is 1. The number of nitrogens with zero attached hydrogens (tertiary/aromatic N) is 1. The minimum Gasteiger partial charge on any atom is -0.350 e. The minimum absolute atomic E-state index is 0.0404. The maximum Gasteiger partial charge on any atom is 0.253 e. The van der Waals surface area contributed by atoms with Gasteiger partial charge in [-0.1, -0.05) is 6.92 Å². The van der Waals surface area contributed by atoms with E-state index in [1.54, 1.807) is 0 Å². The molecule has 5 heteroatoms. The molecule has 0 bridgehead atoms. The molecule has 1 amide bonds. The van der Waals surface area contributed by atoms with Gasteiger partial charge in [-0.05, 0) is 31.5 Å². The lowest BCUT2D eigenvalue weighted by Gasteiger charge is -2.10. The van der Waals surface area contributed by atoms with Gasteiger partial charge in [0.2, 0.25) is 5.91 Å². The fourth-order valence-corrected chi connectivity index (χ4v) is 2.05. The number of nitrogens with one attached hydrogen (secondary N) is 1. The molecule has 2 rings (SSSR count). The van der Waals surface area contributed by atoms with Gasteiger partial charge in [0.25, 0.3) is 5.91 Å². The number of fused-ring (bicyclic) bond motifs is 1. The molecular formula is C15H17FN2O2. The van der Waals surface area contributed by atoms with Gasteiger partial charge in [-0.3, -0.25) is 14.2 Å². The molecule has 2 aromatic rings. The summed E-state index contributed by atoms with van der Waals surface area (Å²) in [5.41, 5.74) is 0.794. The molecular weight excluding hydrogens is 259 g/mol. The van der Waals surface area contributed by atoms with Gasteiger partial charge in [-0.2, -0.15) is 0 Å². The molecule has 20 heavy (non-hydrogen) atoms. The SMILES string of the molecule is CCC(C)NC(=O)c1cn(C(C)=O)c2cc(F)ccc12. The van der Waals surface area contributed by atoms with Crippen LogP contribution in [0.4, 0.5) is 4.39 Å². The van der Waals surface area contributed by atoms with Gasteiger partial charge in [0.05, 0.1) is 11.1 Å². The quantitative estimate of drug-likeness (QED) is 0.937. The maximum absolute atomic E-state index is 13.3. The van der Waals surface area contributed by atoms with Crippen molar-refractivity contribution in [3.05, 3.63) is 35.8 Å². The van der Waals surface area contributed by atoms with E-state index in [0.29, 0.717) is 16.5 Å². The smallest absolute Gasteiger partial charge is 0.253 e. The molecule has 0 saturated carbocycles. The average molecular weight is 276 g/mol. The van der Waals surface area contributed by atoms with Crippen LogP contribution in [0.1, 0.15) is 42.3 Å². The summed E-state index contributed by atoms with van der Waals surface area (Å²) in [4.78, 5) is 23.8. The van der Waals surface area contributed by atoms with E-state index in [1.165, 1.54) is 35.9 Å². The molecule has 1 atom stereocenters. The topological polar surface area (TPSA) is 51.1 Å². The first-order valence-corrected chi connectivity index (χ1v) is 6.56. The van der Waals surface area contributed by atoms with E-state index < -0.39 is 5.82 Å². The summed E-state index contributed by atoms with van der Waals surface area (Å²) in [6, 6.07) is 4.11. The van der Waals surface area contributed by atoms with E-state index in [1.807, 2.05) is 13.8 Å². The molecule has 0 aliphatic rings. The summed E-state index contributed by atoms with van der Waals surface area (Å²) in [6.45, 7) is 5.25. The Labute approximate surface area is 116 Å². The predicted octanol–water partition coefficient (Wildman–Crippen LogP) is 2.97. The molecule has 0 fully saturated rings. The summed E-state index contributed by atoms with van der Waals surface area (Å²) in [7, 11) is 0. The number of aromatic nitrogens is 1. The molecule has 0 aliphatic heterocycles. The van der Waals surface area contributed by atoms with Crippen molar-refractivity contribution >= 4 is 22.7 Å². The third kappa shape index (κ3) is 2.57. The van der Waals surface area contributed by atoms with Crippen molar-refractivity contribution in [1.82, 2.24) is 9.88 Å².